The quantitative estimate of drug-likeness (QED) is 0.386. The molecule has 0 aliphatic carbocycles. The third kappa shape index (κ3) is 3.75. The number of amides is 2. The predicted molar refractivity (Wildman–Crippen MR) is 121 cm³/mol. The summed E-state index contributed by atoms with van der Waals surface area (Å²) in [5.74, 6) is -0.353. The third-order valence-electron chi connectivity index (χ3n) is 4.83. The third-order valence-corrected chi connectivity index (χ3v) is 4.83. The van der Waals surface area contributed by atoms with Crippen LogP contribution >= 0.6 is 0 Å². The van der Waals surface area contributed by atoms with Gasteiger partial charge in [-0.2, -0.15) is 0 Å². The molecule has 0 saturated carbocycles. The number of nitrogens with two attached hydrogens (primary N) is 1. The molecule has 150 valence electrons. The second-order valence-electron chi connectivity index (χ2n) is 6.94. The summed E-state index contributed by atoms with van der Waals surface area (Å²) in [6.07, 6.45) is 0. The van der Waals surface area contributed by atoms with Crippen molar-refractivity contribution in [3.8, 4) is 0 Å². The van der Waals surface area contributed by atoms with Crippen LogP contribution in [0.15, 0.2) is 72.8 Å². The van der Waals surface area contributed by atoms with Crippen molar-refractivity contribution in [2.75, 3.05) is 22.9 Å². The van der Waals surface area contributed by atoms with Gasteiger partial charge < -0.3 is 21.7 Å². The van der Waals surface area contributed by atoms with Crippen molar-refractivity contribution in [2.24, 2.45) is 0 Å². The highest BCUT2D eigenvalue weighted by molar-refractivity contribution is 6.37. The first-order valence-corrected chi connectivity index (χ1v) is 9.73. The van der Waals surface area contributed by atoms with Crippen LogP contribution in [0, 0.1) is 0 Å². The lowest BCUT2D eigenvalue weighted by molar-refractivity contribution is -0.110. The molecule has 6 heteroatoms. The monoisotopic (exact) mass is 398 g/mol. The van der Waals surface area contributed by atoms with Gasteiger partial charge in [0.05, 0.1) is 11.3 Å². The first-order valence-electron chi connectivity index (χ1n) is 9.73. The standard InChI is InChI=1S/C24H22N4O2/c1-2-26-23(29)16-9-6-10-18(13-16)27-22(15-7-4-3-5-8-15)21-19-14-17(25)11-12-20(19)28-24(21)30/h3-14,27H,2,25H2,1H3,(H,26,29)(H,28,30). The van der Waals surface area contributed by atoms with E-state index in [1.165, 1.54) is 0 Å². The number of rotatable bonds is 5. The average Bonchev–Trinajstić information content (AvgIpc) is 3.08. The van der Waals surface area contributed by atoms with E-state index in [-0.39, 0.29) is 11.8 Å². The summed E-state index contributed by atoms with van der Waals surface area (Å²) in [4.78, 5) is 25.1. The summed E-state index contributed by atoms with van der Waals surface area (Å²) in [5, 5.41) is 9.06. The largest absolute Gasteiger partial charge is 0.399 e. The maximum atomic E-state index is 12.9. The number of hydrogen-bond acceptors (Lipinski definition) is 4. The highest BCUT2D eigenvalue weighted by Crippen LogP contribution is 2.38. The fourth-order valence-electron chi connectivity index (χ4n) is 3.46. The molecule has 0 atom stereocenters. The summed E-state index contributed by atoms with van der Waals surface area (Å²) in [7, 11) is 0. The molecule has 1 aliphatic heterocycles. The molecule has 5 N–H and O–H groups in total. The number of anilines is 3. The van der Waals surface area contributed by atoms with Gasteiger partial charge in [-0.1, -0.05) is 36.4 Å². The van der Waals surface area contributed by atoms with Crippen LogP contribution in [0.4, 0.5) is 17.1 Å². The Hall–Kier alpha value is -4.06. The molecule has 2 amide bonds. The number of carbonyl (C=O) groups excluding carboxylic acids is 2. The maximum absolute atomic E-state index is 12.9. The Balaban J connectivity index is 1.84. The minimum atomic E-state index is -0.207. The van der Waals surface area contributed by atoms with E-state index in [4.69, 9.17) is 5.73 Å². The van der Waals surface area contributed by atoms with E-state index in [1.807, 2.05) is 43.3 Å². The van der Waals surface area contributed by atoms with Crippen LogP contribution in [0.3, 0.4) is 0 Å². The number of nitrogens with one attached hydrogen (secondary N) is 3. The van der Waals surface area contributed by atoms with E-state index in [1.54, 1.807) is 36.4 Å². The van der Waals surface area contributed by atoms with Gasteiger partial charge in [0.1, 0.15) is 0 Å². The van der Waals surface area contributed by atoms with Crippen molar-refractivity contribution in [3.63, 3.8) is 0 Å². The minimum absolute atomic E-state index is 0.146. The Morgan fingerprint density at radius 1 is 0.967 bits per heavy atom. The van der Waals surface area contributed by atoms with E-state index in [2.05, 4.69) is 16.0 Å². The zero-order valence-corrected chi connectivity index (χ0v) is 16.5. The number of carbonyl (C=O) groups is 2. The molecule has 0 aromatic heterocycles. The Labute approximate surface area is 174 Å². The SMILES string of the molecule is CCNC(=O)c1cccc(NC(=C2C(=O)Nc3ccc(N)cc32)c2ccccc2)c1. The molecule has 4 rings (SSSR count). The topological polar surface area (TPSA) is 96.2 Å². The second kappa shape index (κ2) is 8.13. The van der Waals surface area contributed by atoms with E-state index < -0.39 is 0 Å². The van der Waals surface area contributed by atoms with Crippen molar-refractivity contribution >= 4 is 40.1 Å². The molecule has 3 aromatic rings. The Kier molecular flexibility index (Phi) is 5.22. The smallest absolute Gasteiger partial charge is 0.258 e. The highest BCUT2D eigenvalue weighted by atomic mass is 16.2. The number of fused-ring (bicyclic) bond motifs is 1. The zero-order chi connectivity index (χ0) is 21.1. The van der Waals surface area contributed by atoms with Crippen LogP contribution in [0.2, 0.25) is 0 Å². The normalized spacial score (nSPS) is 14.0. The van der Waals surface area contributed by atoms with Gasteiger partial charge in [-0.3, -0.25) is 9.59 Å². The molecule has 0 bridgehead atoms. The fraction of sp³-hybridized carbons (Fsp3) is 0.0833. The van der Waals surface area contributed by atoms with E-state index in [0.29, 0.717) is 34.8 Å². The Bertz CT molecular complexity index is 1150. The number of benzene rings is 3. The Morgan fingerprint density at radius 2 is 1.73 bits per heavy atom. The first-order chi connectivity index (χ1) is 14.6. The van der Waals surface area contributed by atoms with Crippen LogP contribution < -0.4 is 21.7 Å². The maximum Gasteiger partial charge on any atom is 0.258 e. The predicted octanol–water partition coefficient (Wildman–Crippen LogP) is 3.95. The molecule has 30 heavy (non-hydrogen) atoms. The molecule has 1 heterocycles. The van der Waals surface area contributed by atoms with Crippen molar-refractivity contribution in [1.82, 2.24) is 5.32 Å². The molecular formula is C24H22N4O2. The average molecular weight is 398 g/mol. The van der Waals surface area contributed by atoms with Crippen LogP contribution in [0.25, 0.3) is 11.3 Å². The van der Waals surface area contributed by atoms with Crippen molar-refractivity contribution in [2.45, 2.75) is 6.92 Å². The summed E-state index contributed by atoms with van der Waals surface area (Å²) in [6, 6.07) is 22.1. The van der Waals surface area contributed by atoms with Gasteiger partial charge in [0.25, 0.3) is 11.8 Å². The van der Waals surface area contributed by atoms with E-state index >= 15 is 0 Å². The lowest BCUT2D eigenvalue weighted by Crippen LogP contribution is -2.22. The Morgan fingerprint density at radius 3 is 2.50 bits per heavy atom. The summed E-state index contributed by atoms with van der Waals surface area (Å²) < 4.78 is 0. The zero-order valence-electron chi connectivity index (χ0n) is 16.5. The summed E-state index contributed by atoms with van der Waals surface area (Å²) in [5.41, 5.74) is 11.3. The van der Waals surface area contributed by atoms with Gasteiger partial charge in [-0.15, -0.1) is 0 Å². The molecule has 1 aliphatic rings. The molecule has 0 unspecified atom stereocenters. The first kappa shape index (κ1) is 19.3. The molecule has 0 fully saturated rings. The van der Waals surface area contributed by atoms with Gasteiger partial charge >= 0.3 is 0 Å². The van der Waals surface area contributed by atoms with Crippen molar-refractivity contribution in [3.05, 3.63) is 89.5 Å². The molecular weight excluding hydrogens is 376 g/mol. The van der Waals surface area contributed by atoms with Gasteiger partial charge in [-0.25, -0.2) is 0 Å². The molecule has 0 radical (unpaired) electrons. The van der Waals surface area contributed by atoms with Gasteiger partial charge in [0.2, 0.25) is 0 Å². The molecule has 0 saturated heterocycles. The molecule has 0 spiro atoms. The number of nitrogen functional groups attached to an aromatic ring is 1. The highest BCUT2D eigenvalue weighted by Gasteiger charge is 2.28. The van der Waals surface area contributed by atoms with Crippen LogP contribution in [0.5, 0.6) is 0 Å². The van der Waals surface area contributed by atoms with Crippen LogP contribution in [-0.2, 0) is 4.79 Å². The van der Waals surface area contributed by atoms with Gasteiger partial charge in [0, 0.05) is 34.7 Å². The fourth-order valence-corrected chi connectivity index (χ4v) is 3.46. The molecule has 6 nitrogen and oxygen atoms in total. The van der Waals surface area contributed by atoms with Crippen LogP contribution in [0.1, 0.15) is 28.4 Å². The lowest BCUT2D eigenvalue weighted by atomic mass is 9.99. The van der Waals surface area contributed by atoms with Crippen molar-refractivity contribution in [1.29, 1.82) is 0 Å². The second-order valence-corrected chi connectivity index (χ2v) is 6.94. The summed E-state index contributed by atoms with van der Waals surface area (Å²) in [6.45, 7) is 2.42. The van der Waals surface area contributed by atoms with E-state index in [0.717, 1.165) is 16.8 Å². The summed E-state index contributed by atoms with van der Waals surface area (Å²) >= 11 is 0. The van der Waals surface area contributed by atoms with E-state index in [9.17, 15) is 9.59 Å². The number of hydrogen-bond donors (Lipinski definition) is 4. The van der Waals surface area contributed by atoms with Crippen LogP contribution in [-0.4, -0.2) is 18.4 Å². The van der Waals surface area contributed by atoms with Gasteiger partial charge in [-0.05, 0) is 48.9 Å². The van der Waals surface area contributed by atoms with Gasteiger partial charge in [0.15, 0.2) is 0 Å². The van der Waals surface area contributed by atoms with Crippen molar-refractivity contribution < 1.29 is 9.59 Å². The lowest BCUT2D eigenvalue weighted by Gasteiger charge is -2.15. The minimum Gasteiger partial charge on any atom is -0.399 e. The molecule has 3 aromatic carbocycles.